The maximum atomic E-state index is 12.5. The lowest BCUT2D eigenvalue weighted by Crippen LogP contribution is -2.30. The Morgan fingerprint density at radius 1 is 1.00 bits per heavy atom. The molecule has 0 saturated heterocycles. The van der Waals surface area contributed by atoms with Gasteiger partial charge in [0.15, 0.2) is 11.0 Å². The molecule has 0 aliphatic heterocycles. The number of hydrogen-bond donors (Lipinski definition) is 2. The van der Waals surface area contributed by atoms with Gasteiger partial charge in [-0.2, -0.15) is 0 Å². The van der Waals surface area contributed by atoms with E-state index in [1.165, 1.54) is 11.8 Å². The molecule has 1 atom stereocenters. The summed E-state index contributed by atoms with van der Waals surface area (Å²) in [5.74, 6) is 2.07. The van der Waals surface area contributed by atoms with E-state index < -0.39 is 0 Å². The summed E-state index contributed by atoms with van der Waals surface area (Å²) in [7, 11) is 1.61. The van der Waals surface area contributed by atoms with Crippen molar-refractivity contribution in [3.05, 3.63) is 59.9 Å². The first-order valence-electron chi connectivity index (χ1n) is 11.4. The summed E-state index contributed by atoms with van der Waals surface area (Å²) in [6.45, 7) is 6.97. The number of aromatic nitrogens is 3. The largest absolute Gasteiger partial charge is 0.497 e. The fourth-order valence-electron chi connectivity index (χ4n) is 3.44. The fourth-order valence-corrected chi connectivity index (χ4v) is 4.25. The van der Waals surface area contributed by atoms with Crippen LogP contribution in [0.4, 0.5) is 5.69 Å². The Balaban J connectivity index is 1.54. The second-order valence-electron chi connectivity index (χ2n) is 7.69. The van der Waals surface area contributed by atoms with Crippen LogP contribution in [-0.4, -0.2) is 46.0 Å². The predicted molar refractivity (Wildman–Crippen MR) is 136 cm³/mol. The lowest BCUT2D eigenvalue weighted by Gasteiger charge is -2.15. The average Bonchev–Trinajstić information content (AvgIpc) is 3.27. The van der Waals surface area contributed by atoms with Crippen molar-refractivity contribution in [1.29, 1.82) is 0 Å². The number of carbonyl (C=O) groups is 2. The first-order valence-corrected chi connectivity index (χ1v) is 12.4. The number of rotatable bonds is 12. The van der Waals surface area contributed by atoms with E-state index in [1.54, 1.807) is 19.2 Å². The second-order valence-corrected chi connectivity index (χ2v) is 8.64. The van der Waals surface area contributed by atoms with E-state index >= 15 is 0 Å². The maximum absolute atomic E-state index is 12.5. The molecule has 3 rings (SSSR count). The Morgan fingerprint density at radius 2 is 1.69 bits per heavy atom. The van der Waals surface area contributed by atoms with Crippen molar-refractivity contribution in [3.63, 3.8) is 0 Å². The van der Waals surface area contributed by atoms with E-state index in [1.807, 2.05) is 61.7 Å². The Kier molecular flexibility index (Phi) is 9.54. The van der Waals surface area contributed by atoms with Gasteiger partial charge in [0.1, 0.15) is 11.5 Å². The SMILES string of the molecule is CCOc1ccc(NC(=O)CSc2nnc(C(C)NC(=O)Cc3ccc(OC)cc3)n2CC)cc1. The van der Waals surface area contributed by atoms with Gasteiger partial charge in [-0.1, -0.05) is 23.9 Å². The number of carbonyl (C=O) groups excluding carboxylic acids is 2. The van der Waals surface area contributed by atoms with E-state index in [0.29, 0.717) is 29.8 Å². The van der Waals surface area contributed by atoms with Crippen LogP contribution in [0.2, 0.25) is 0 Å². The number of benzene rings is 2. The fraction of sp³-hybridized carbons (Fsp3) is 0.360. The van der Waals surface area contributed by atoms with Crippen molar-refractivity contribution in [3.8, 4) is 11.5 Å². The third-order valence-electron chi connectivity index (χ3n) is 5.13. The number of hydrogen-bond acceptors (Lipinski definition) is 7. The van der Waals surface area contributed by atoms with Gasteiger partial charge in [0.25, 0.3) is 0 Å². The van der Waals surface area contributed by atoms with E-state index in [9.17, 15) is 9.59 Å². The minimum Gasteiger partial charge on any atom is -0.497 e. The molecule has 186 valence electrons. The van der Waals surface area contributed by atoms with Crippen LogP contribution >= 0.6 is 11.8 Å². The third kappa shape index (κ3) is 7.48. The molecule has 35 heavy (non-hydrogen) atoms. The summed E-state index contributed by atoms with van der Waals surface area (Å²) >= 11 is 1.30. The van der Waals surface area contributed by atoms with Gasteiger partial charge in [0.2, 0.25) is 11.8 Å². The van der Waals surface area contributed by atoms with Gasteiger partial charge < -0.3 is 24.7 Å². The van der Waals surface area contributed by atoms with Crippen LogP contribution in [0.1, 0.15) is 38.2 Å². The zero-order chi connectivity index (χ0) is 25.2. The second kappa shape index (κ2) is 12.8. The van der Waals surface area contributed by atoms with E-state index in [0.717, 1.165) is 17.1 Å². The van der Waals surface area contributed by atoms with Crippen molar-refractivity contribution < 1.29 is 19.1 Å². The third-order valence-corrected chi connectivity index (χ3v) is 6.10. The molecule has 0 saturated carbocycles. The molecule has 0 bridgehead atoms. The standard InChI is InChI=1S/C25H31N5O4S/c1-5-30-24(17(3)26-22(31)15-18-7-11-20(33-4)12-8-18)28-29-25(30)35-16-23(32)27-19-9-13-21(14-10-19)34-6-2/h7-14,17H,5-6,15-16H2,1-4H3,(H,26,31)(H,27,32). The summed E-state index contributed by atoms with van der Waals surface area (Å²) in [5, 5.41) is 15.0. The highest BCUT2D eigenvalue weighted by molar-refractivity contribution is 7.99. The molecule has 0 radical (unpaired) electrons. The van der Waals surface area contributed by atoms with Crippen molar-refractivity contribution in [1.82, 2.24) is 20.1 Å². The van der Waals surface area contributed by atoms with Crippen LogP contribution in [0.3, 0.4) is 0 Å². The smallest absolute Gasteiger partial charge is 0.234 e. The number of anilines is 1. The zero-order valence-corrected chi connectivity index (χ0v) is 21.2. The highest BCUT2D eigenvalue weighted by Gasteiger charge is 2.20. The van der Waals surface area contributed by atoms with Crippen LogP contribution < -0.4 is 20.1 Å². The van der Waals surface area contributed by atoms with Crippen molar-refractivity contribution in [2.75, 3.05) is 24.8 Å². The van der Waals surface area contributed by atoms with Gasteiger partial charge in [0, 0.05) is 12.2 Å². The molecule has 0 fully saturated rings. The molecule has 0 aliphatic carbocycles. The normalized spacial score (nSPS) is 11.5. The van der Waals surface area contributed by atoms with Crippen LogP contribution in [0.25, 0.3) is 0 Å². The van der Waals surface area contributed by atoms with Gasteiger partial charge >= 0.3 is 0 Å². The Labute approximate surface area is 209 Å². The van der Waals surface area contributed by atoms with Gasteiger partial charge in [-0.15, -0.1) is 10.2 Å². The number of thioether (sulfide) groups is 1. The molecule has 1 unspecified atom stereocenters. The summed E-state index contributed by atoms with van der Waals surface area (Å²) in [6.07, 6.45) is 0.252. The number of ether oxygens (including phenoxy) is 2. The van der Waals surface area contributed by atoms with Crippen LogP contribution in [-0.2, 0) is 22.6 Å². The van der Waals surface area contributed by atoms with Crippen LogP contribution in [0.5, 0.6) is 11.5 Å². The summed E-state index contributed by atoms with van der Waals surface area (Å²) in [6, 6.07) is 14.3. The summed E-state index contributed by atoms with van der Waals surface area (Å²) < 4.78 is 12.5. The molecule has 1 aromatic heterocycles. The molecule has 10 heteroatoms. The van der Waals surface area contributed by atoms with Crippen molar-refractivity contribution >= 4 is 29.3 Å². The first-order chi connectivity index (χ1) is 16.9. The lowest BCUT2D eigenvalue weighted by molar-refractivity contribution is -0.121. The highest BCUT2D eigenvalue weighted by atomic mass is 32.2. The van der Waals surface area contributed by atoms with Gasteiger partial charge in [0.05, 0.1) is 31.9 Å². The van der Waals surface area contributed by atoms with E-state index in [2.05, 4.69) is 20.8 Å². The summed E-state index contributed by atoms with van der Waals surface area (Å²) in [4.78, 5) is 24.9. The highest BCUT2D eigenvalue weighted by Crippen LogP contribution is 2.22. The minimum absolute atomic E-state index is 0.114. The molecule has 2 amide bonds. The molecular formula is C25H31N5O4S. The molecule has 1 heterocycles. The van der Waals surface area contributed by atoms with E-state index in [4.69, 9.17) is 9.47 Å². The van der Waals surface area contributed by atoms with Crippen molar-refractivity contribution in [2.45, 2.75) is 44.9 Å². The summed E-state index contributed by atoms with van der Waals surface area (Å²) in [5.41, 5.74) is 1.59. The maximum Gasteiger partial charge on any atom is 0.234 e. The minimum atomic E-state index is -0.333. The van der Waals surface area contributed by atoms with Crippen molar-refractivity contribution in [2.24, 2.45) is 0 Å². The van der Waals surface area contributed by atoms with Crippen LogP contribution in [0, 0.1) is 0 Å². The molecule has 0 spiro atoms. The average molecular weight is 498 g/mol. The molecule has 2 N–H and O–H groups in total. The van der Waals surface area contributed by atoms with Gasteiger partial charge in [-0.05, 0) is 62.7 Å². The van der Waals surface area contributed by atoms with E-state index in [-0.39, 0.29) is 30.0 Å². The number of nitrogens with one attached hydrogen (secondary N) is 2. The van der Waals surface area contributed by atoms with Gasteiger partial charge in [-0.25, -0.2) is 0 Å². The number of methoxy groups -OCH3 is 1. The molecule has 0 aliphatic rings. The predicted octanol–water partition coefficient (Wildman–Crippen LogP) is 3.86. The number of amides is 2. The first kappa shape index (κ1) is 26.1. The van der Waals surface area contributed by atoms with Gasteiger partial charge in [-0.3, -0.25) is 9.59 Å². The molecular weight excluding hydrogens is 466 g/mol. The number of nitrogens with zero attached hydrogens (tertiary/aromatic N) is 3. The lowest BCUT2D eigenvalue weighted by atomic mass is 10.1. The molecule has 9 nitrogen and oxygen atoms in total. The molecule has 2 aromatic carbocycles. The molecule has 3 aromatic rings. The monoisotopic (exact) mass is 497 g/mol. The zero-order valence-electron chi connectivity index (χ0n) is 20.4. The van der Waals surface area contributed by atoms with Crippen LogP contribution in [0.15, 0.2) is 53.7 Å². The Hall–Kier alpha value is -3.53. The Bertz CT molecular complexity index is 1120. The quantitative estimate of drug-likeness (QED) is 0.366. The topological polar surface area (TPSA) is 107 Å². The Morgan fingerprint density at radius 3 is 2.31 bits per heavy atom.